The lowest BCUT2D eigenvalue weighted by Crippen LogP contribution is -2.46. The Morgan fingerprint density at radius 1 is 0.932 bits per heavy atom. The first kappa shape index (κ1) is 34.2. The number of benzene rings is 3. The van der Waals surface area contributed by atoms with Crippen molar-refractivity contribution in [2.24, 2.45) is 5.92 Å². The molecular formula is C32H40N4O7S. The Bertz CT molecular complexity index is 1510. The van der Waals surface area contributed by atoms with Gasteiger partial charge in [-0.1, -0.05) is 80.1 Å². The minimum absolute atomic E-state index is 0.0139. The number of nitrogens with zero attached hydrogens (tertiary/aromatic N) is 3. The highest BCUT2D eigenvalue weighted by atomic mass is 32.2. The first-order valence-corrected chi connectivity index (χ1v) is 15.9. The van der Waals surface area contributed by atoms with E-state index in [2.05, 4.69) is 5.32 Å². The van der Waals surface area contributed by atoms with E-state index >= 15 is 0 Å². The fourth-order valence-corrected chi connectivity index (χ4v) is 6.57. The normalized spacial score (nSPS) is 12.2. The minimum atomic E-state index is -4.07. The number of sulfonamides is 1. The molecule has 3 aromatic carbocycles. The Kier molecular flexibility index (Phi) is 12.4. The third kappa shape index (κ3) is 9.61. The Balaban J connectivity index is 1.67. The maximum atomic E-state index is 13.5. The SMILES string of the molecule is Cc1ccc(S(=O)(=O)N(CC(C)C)[C@@H](CCCCNC(=O)N(Cc2ccccc2)Cc2ccccc2[N+](=O)[O-])C(=O)O)cc1. The van der Waals surface area contributed by atoms with Gasteiger partial charge in [0, 0.05) is 31.3 Å². The van der Waals surface area contributed by atoms with Gasteiger partial charge >= 0.3 is 12.0 Å². The highest BCUT2D eigenvalue weighted by Crippen LogP contribution is 2.24. The summed E-state index contributed by atoms with van der Waals surface area (Å²) in [5, 5.41) is 24.4. The lowest BCUT2D eigenvalue weighted by Gasteiger charge is -2.29. The summed E-state index contributed by atoms with van der Waals surface area (Å²) < 4.78 is 28.1. The van der Waals surface area contributed by atoms with Crippen molar-refractivity contribution in [2.75, 3.05) is 13.1 Å². The molecule has 0 aliphatic carbocycles. The van der Waals surface area contributed by atoms with Crippen molar-refractivity contribution in [1.82, 2.24) is 14.5 Å². The fraction of sp³-hybridized carbons (Fsp3) is 0.375. The van der Waals surface area contributed by atoms with Gasteiger partial charge in [-0.15, -0.1) is 0 Å². The molecule has 0 fully saturated rings. The molecule has 0 radical (unpaired) electrons. The Hall–Kier alpha value is -4.29. The van der Waals surface area contributed by atoms with Crippen LogP contribution in [0.3, 0.4) is 0 Å². The molecule has 1 atom stereocenters. The van der Waals surface area contributed by atoms with E-state index in [1.54, 1.807) is 30.3 Å². The number of rotatable bonds is 16. The van der Waals surface area contributed by atoms with Crippen LogP contribution in [0.15, 0.2) is 83.8 Å². The van der Waals surface area contributed by atoms with Crippen molar-refractivity contribution in [2.45, 2.75) is 64.1 Å². The fourth-order valence-electron chi connectivity index (χ4n) is 4.79. The van der Waals surface area contributed by atoms with E-state index in [1.165, 1.54) is 23.1 Å². The average molecular weight is 625 g/mol. The molecule has 0 bridgehead atoms. The van der Waals surface area contributed by atoms with Crippen molar-refractivity contribution >= 4 is 27.7 Å². The largest absolute Gasteiger partial charge is 0.480 e. The van der Waals surface area contributed by atoms with Crippen molar-refractivity contribution in [1.29, 1.82) is 0 Å². The molecule has 11 nitrogen and oxygen atoms in total. The molecule has 0 aromatic heterocycles. The summed E-state index contributed by atoms with van der Waals surface area (Å²) in [5.41, 5.74) is 2.06. The molecular weight excluding hydrogens is 584 g/mol. The number of para-hydroxylation sites is 1. The quantitative estimate of drug-likeness (QED) is 0.120. The topological polar surface area (TPSA) is 150 Å². The first-order valence-electron chi connectivity index (χ1n) is 14.5. The number of aryl methyl sites for hydroxylation is 1. The van der Waals surface area contributed by atoms with E-state index in [4.69, 9.17) is 0 Å². The number of carbonyl (C=O) groups excluding carboxylic acids is 1. The van der Waals surface area contributed by atoms with E-state index in [0.29, 0.717) is 18.4 Å². The van der Waals surface area contributed by atoms with Crippen molar-refractivity contribution < 1.29 is 28.0 Å². The summed E-state index contributed by atoms with van der Waals surface area (Å²) in [4.78, 5) is 38.1. The maximum absolute atomic E-state index is 13.5. The molecule has 0 unspecified atom stereocenters. The van der Waals surface area contributed by atoms with Crippen molar-refractivity contribution in [3.8, 4) is 0 Å². The van der Waals surface area contributed by atoms with Gasteiger partial charge < -0.3 is 15.3 Å². The van der Waals surface area contributed by atoms with Crippen LogP contribution >= 0.6 is 0 Å². The number of nitro groups is 1. The van der Waals surface area contributed by atoms with Crippen LogP contribution in [0.2, 0.25) is 0 Å². The second-order valence-electron chi connectivity index (χ2n) is 11.1. The molecule has 0 aliphatic rings. The molecule has 3 rings (SSSR count). The van der Waals surface area contributed by atoms with E-state index in [9.17, 15) is 33.2 Å². The Morgan fingerprint density at radius 2 is 1.57 bits per heavy atom. The summed E-state index contributed by atoms with van der Waals surface area (Å²) >= 11 is 0. The van der Waals surface area contributed by atoms with Gasteiger partial charge in [-0.3, -0.25) is 14.9 Å². The van der Waals surface area contributed by atoms with Crippen LogP contribution in [0.4, 0.5) is 10.5 Å². The average Bonchev–Trinajstić information content (AvgIpc) is 2.98. The molecule has 0 saturated heterocycles. The van der Waals surface area contributed by atoms with Gasteiger partial charge in [0.05, 0.1) is 16.4 Å². The zero-order chi connectivity index (χ0) is 32.3. The number of carboxylic acid groups (broad SMARTS) is 1. The summed E-state index contributed by atoms with van der Waals surface area (Å²) in [5.74, 6) is -1.34. The van der Waals surface area contributed by atoms with Crippen LogP contribution in [0.25, 0.3) is 0 Å². The van der Waals surface area contributed by atoms with E-state index in [0.717, 1.165) is 15.4 Å². The van der Waals surface area contributed by atoms with Gasteiger partial charge in [0.2, 0.25) is 10.0 Å². The Morgan fingerprint density at radius 3 is 2.18 bits per heavy atom. The smallest absolute Gasteiger partial charge is 0.322 e. The molecule has 236 valence electrons. The van der Waals surface area contributed by atoms with E-state index in [-0.39, 0.29) is 49.1 Å². The number of hydrogen-bond donors (Lipinski definition) is 2. The van der Waals surface area contributed by atoms with Crippen LogP contribution < -0.4 is 5.32 Å². The summed E-state index contributed by atoms with van der Waals surface area (Å²) in [7, 11) is -4.07. The Labute approximate surface area is 258 Å². The lowest BCUT2D eigenvalue weighted by atomic mass is 10.1. The predicted octanol–water partition coefficient (Wildman–Crippen LogP) is 5.59. The molecule has 44 heavy (non-hydrogen) atoms. The van der Waals surface area contributed by atoms with Gasteiger partial charge in [-0.05, 0) is 49.8 Å². The number of hydrogen-bond acceptors (Lipinski definition) is 6. The second-order valence-corrected chi connectivity index (χ2v) is 13.0. The third-order valence-corrected chi connectivity index (χ3v) is 8.93. The molecule has 2 N–H and O–H groups in total. The molecule has 0 aliphatic heterocycles. The highest BCUT2D eigenvalue weighted by molar-refractivity contribution is 7.89. The van der Waals surface area contributed by atoms with Gasteiger partial charge in [-0.25, -0.2) is 13.2 Å². The molecule has 0 saturated carbocycles. The van der Waals surface area contributed by atoms with Crippen LogP contribution in [0.5, 0.6) is 0 Å². The van der Waals surface area contributed by atoms with Crippen molar-refractivity contribution in [3.63, 3.8) is 0 Å². The van der Waals surface area contributed by atoms with Crippen molar-refractivity contribution in [3.05, 3.63) is 106 Å². The van der Waals surface area contributed by atoms with Gasteiger partial charge in [0.1, 0.15) is 6.04 Å². The summed E-state index contributed by atoms with van der Waals surface area (Å²) in [6.07, 6.45) is 0.811. The predicted molar refractivity (Wildman–Crippen MR) is 167 cm³/mol. The van der Waals surface area contributed by atoms with E-state index < -0.39 is 33.0 Å². The number of amides is 2. The highest BCUT2D eigenvalue weighted by Gasteiger charge is 2.36. The molecule has 3 aromatic rings. The van der Waals surface area contributed by atoms with Gasteiger partial charge in [-0.2, -0.15) is 4.31 Å². The zero-order valence-electron chi connectivity index (χ0n) is 25.3. The van der Waals surface area contributed by atoms with Gasteiger partial charge in [0.15, 0.2) is 0 Å². The molecule has 0 heterocycles. The van der Waals surface area contributed by atoms with Crippen LogP contribution in [-0.2, 0) is 27.9 Å². The number of unbranched alkanes of at least 4 members (excludes halogenated alkanes) is 1. The minimum Gasteiger partial charge on any atom is -0.480 e. The third-order valence-electron chi connectivity index (χ3n) is 7.04. The molecule has 2 amide bonds. The second kappa shape index (κ2) is 16.0. The number of nitrogens with one attached hydrogen (secondary N) is 1. The standard InChI is InChI=1S/C32H40N4O7S/c1-24(2)21-35(44(42,43)28-18-16-25(3)17-19-28)30(31(37)38)15-9-10-20-33-32(39)34(22-26-11-5-4-6-12-26)23-27-13-7-8-14-29(27)36(40)41/h4-8,11-14,16-19,24,30H,9-10,15,20-23H2,1-3H3,(H,33,39)(H,37,38)/t30-/m0/s1. The van der Waals surface area contributed by atoms with E-state index in [1.807, 2.05) is 51.1 Å². The zero-order valence-corrected chi connectivity index (χ0v) is 26.1. The number of nitro benzene ring substituents is 1. The summed E-state index contributed by atoms with van der Waals surface area (Å²) in [6.45, 7) is 6.00. The number of urea groups is 1. The van der Waals surface area contributed by atoms with Gasteiger partial charge in [0.25, 0.3) is 5.69 Å². The van der Waals surface area contributed by atoms with Crippen LogP contribution in [-0.4, -0.2) is 58.8 Å². The number of carboxylic acids is 1. The maximum Gasteiger partial charge on any atom is 0.322 e. The molecule has 0 spiro atoms. The van der Waals surface area contributed by atoms with Crippen LogP contribution in [0.1, 0.15) is 49.8 Å². The van der Waals surface area contributed by atoms with Crippen LogP contribution in [0, 0.1) is 23.0 Å². The molecule has 12 heteroatoms. The number of carbonyl (C=O) groups is 2. The number of aliphatic carboxylic acids is 1. The first-order chi connectivity index (χ1) is 20.9. The monoisotopic (exact) mass is 624 g/mol. The summed E-state index contributed by atoms with van der Waals surface area (Å²) in [6, 6.07) is 20.2. The lowest BCUT2D eigenvalue weighted by molar-refractivity contribution is -0.385.